The lowest BCUT2D eigenvalue weighted by molar-refractivity contribution is -0.137. The van der Waals surface area contributed by atoms with Crippen molar-refractivity contribution in [1.29, 1.82) is 0 Å². The number of unbranched alkanes of at least 4 members (excludes halogenated alkanes) is 1. The third-order valence-electron chi connectivity index (χ3n) is 5.75. The van der Waals surface area contributed by atoms with E-state index in [1.54, 1.807) is 11.3 Å². The summed E-state index contributed by atoms with van der Waals surface area (Å²) in [4.78, 5) is 26.7. The third-order valence-corrected chi connectivity index (χ3v) is 6.71. The molecule has 1 aliphatic carbocycles. The average Bonchev–Trinajstić information content (AvgIpc) is 3.13. The number of carboxylic acid groups (broad SMARTS) is 1. The summed E-state index contributed by atoms with van der Waals surface area (Å²) in [5, 5.41) is 10.8. The highest BCUT2D eigenvalue weighted by Gasteiger charge is 2.27. The molecular weight excluding hydrogens is 370 g/mol. The van der Waals surface area contributed by atoms with E-state index in [0.29, 0.717) is 6.42 Å². The van der Waals surface area contributed by atoms with E-state index in [-0.39, 0.29) is 12.2 Å². The molecule has 4 rings (SSSR count). The number of thiophene rings is 1. The molecule has 0 spiro atoms. The number of carbonyl (C=O) groups excluding carboxylic acids is 1. The summed E-state index contributed by atoms with van der Waals surface area (Å²) in [7, 11) is 0. The van der Waals surface area contributed by atoms with Crippen LogP contribution >= 0.6 is 11.3 Å². The SMILES string of the molecule is O=C(O)CCCCN1CCC(=C2c3ccccc3CC(=O)c3sccc32)CC1. The molecule has 146 valence electrons. The molecule has 1 N–H and O–H groups in total. The van der Waals surface area contributed by atoms with Crippen molar-refractivity contribution < 1.29 is 14.7 Å². The molecule has 0 radical (unpaired) electrons. The fraction of sp³-hybridized carbons (Fsp3) is 0.391. The van der Waals surface area contributed by atoms with Gasteiger partial charge in [0.2, 0.25) is 0 Å². The highest BCUT2D eigenvalue weighted by Crippen LogP contribution is 2.40. The number of fused-ring (bicyclic) bond motifs is 2. The van der Waals surface area contributed by atoms with Gasteiger partial charge in [0.1, 0.15) is 0 Å². The van der Waals surface area contributed by atoms with Crippen LogP contribution in [-0.2, 0) is 11.2 Å². The van der Waals surface area contributed by atoms with Crippen LogP contribution in [0.25, 0.3) is 5.57 Å². The summed E-state index contributed by atoms with van der Waals surface area (Å²) in [5.41, 5.74) is 6.20. The zero-order valence-electron chi connectivity index (χ0n) is 15.9. The first kappa shape index (κ1) is 19.1. The van der Waals surface area contributed by atoms with Crippen LogP contribution in [0.5, 0.6) is 0 Å². The molecule has 1 aromatic heterocycles. The molecular formula is C23H25NO3S. The van der Waals surface area contributed by atoms with Gasteiger partial charge in [-0.25, -0.2) is 0 Å². The zero-order chi connectivity index (χ0) is 19.5. The molecule has 1 aliphatic heterocycles. The second kappa shape index (κ2) is 8.41. The van der Waals surface area contributed by atoms with Crippen LogP contribution < -0.4 is 0 Å². The van der Waals surface area contributed by atoms with Crippen LogP contribution in [0, 0.1) is 0 Å². The highest BCUT2D eigenvalue weighted by molar-refractivity contribution is 7.12. The fourth-order valence-electron chi connectivity index (χ4n) is 4.33. The van der Waals surface area contributed by atoms with Gasteiger partial charge in [0.05, 0.1) is 4.88 Å². The fourth-order valence-corrected chi connectivity index (χ4v) is 5.17. The molecule has 0 saturated carbocycles. The van der Waals surface area contributed by atoms with Crippen molar-refractivity contribution in [3.8, 4) is 0 Å². The summed E-state index contributed by atoms with van der Waals surface area (Å²) >= 11 is 1.56. The Morgan fingerprint density at radius 2 is 1.86 bits per heavy atom. The standard InChI is InChI=1S/C23H25NO3S/c25-20-15-17-5-1-2-6-18(17)22(19-10-14-28-23(19)20)16-8-12-24(13-9-16)11-4-3-7-21(26)27/h1-2,5-6,10,14H,3-4,7-9,11-13,15H2,(H,26,27). The van der Waals surface area contributed by atoms with Crippen LogP contribution in [0.15, 0.2) is 41.3 Å². The van der Waals surface area contributed by atoms with Gasteiger partial charge >= 0.3 is 5.97 Å². The van der Waals surface area contributed by atoms with Crippen LogP contribution in [0.1, 0.15) is 58.5 Å². The molecule has 0 amide bonds. The normalized spacial score (nSPS) is 17.2. The van der Waals surface area contributed by atoms with Crippen LogP contribution in [0.2, 0.25) is 0 Å². The molecule has 1 saturated heterocycles. The first-order chi connectivity index (χ1) is 13.6. The molecule has 2 heterocycles. The Morgan fingerprint density at radius 3 is 2.64 bits per heavy atom. The predicted molar refractivity (Wildman–Crippen MR) is 112 cm³/mol. The molecule has 0 unspecified atom stereocenters. The van der Waals surface area contributed by atoms with Crippen molar-refractivity contribution in [2.75, 3.05) is 19.6 Å². The molecule has 0 atom stereocenters. The van der Waals surface area contributed by atoms with Gasteiger partial charge in [-0.2, -0.15) is 0 Å². The average molecular weight is 396 g/mol. The second-order valence-electron chi connectivity index (χ2n) is 7.59. The number of ketones is 1. The summed E-state index contributed by atoms with van der Waals surface area (Å²) in [6.07, 6.45) is 4.43. The summed E-state index contributed by atoms with van der Waals surface area (Å²) in [6, 6.07) is 10.4. The van der Waals surface area contributed by atoms with Crippen molar-refractivity contribution in [3.63, 3.8) is 0 Å². The number of nitrogens with zero attached hydrogens (tertiary/aromatic N) is 1. The summed E-state index contributed by atoms with van der Waals surface area (Å²) in [6.45, 7) is 2.97. The van der Waals surface area contributed by atoms with E-state index in [1.807, 2.05) is 11.4 Å². The van der Waals surface area contributed by atoms with Gasteiger partial charge in [0.25, 0.3) is 0 Å². The number of likely N-dealkylation sites (tertiary alicyclic amines) is 1. The van der Waals surface area contributed by atoms with E-state index in [0.717, 1.165) is 61.3 Å². The van der Waals surface area contributed by atoms with E-state index < -0.39 is 5.97 Å². The number of hydrogen-bond acceptors (Lipinski definition) is 4. The lowest BCUT2D eigenvalue weighted by Gasteiger charge is -2.30. The van der Waals surface area contributed by atoms with Crippen LogP contribution in [0.4, 0.5) is 0 Å². The molecule has 0 bridgehead atoms. The lowest BCUT2D eigenvalue weighted by Crippen LogP contribution is -2.32. The number of aliphatic carboxylic acids is 1. The third kappa shape index (κ3) is 3.96. The number of carbonyl (C=O) groups is 2. The molecule has 28 heavy (non-hydrogen) atoms. The van der Waals surface area contributed by atoms with Crippen molar-refractivity contribution >= 4 is 28.7 Å². The van der Waals surface area contributed by atoms with Gasteiger partial charge in [0.15, 0.2) is 5.78 Å². The predicted octanol–water partition coefficient (Wildman–Crippen LogP) is 4.64. The maximum absolute atomic E-state index is 12.7. The number of hydrogen-bond donors (Lipinski definition) is 1. The monoisotopic (exact) mass is 395 g/mol. The Labute approximate surface area is 169 Å². The number of benzene rings is 1. The molecule has 2 aliphatic rings. The first-order valence-corrected chi connectivity index (χ1v) is 10.9. The molecule has 4 nitrogen and oxygen atoms in total. The van der Waals surface area contributed by atoms with E-state index >= 15 is 0 Å². The van der Waals surface area contributed by atoms with Crippen molar-refractivity contribution in [1.82, 2.24) is 4.90 Å². The van der Waals surface area contributed by atoms with Crippen LogP contribution in [0.3, 0.4) is 0 Å². The maximum atomic E-state index is 12.7. The smallest absolute Gasteiger partial charge is 0.303 e. The lowest BCUT2D eigenvalue weighted by atomic mass is 9.87. The summed E-state index contributed by atoms with van der Waals surface area (Å²) < 4.78 is 0. The van der Waals surface area contributed by atoms with Gasteiger partial charge in [-0.3, -0.25) is 9.59 Å². The topological polar surface area (TPSA) is 57.6 Å². The largest absolute Gasteiger partial charge is 0.481 e. The number of rotatable bonds is 5. The minimum absolute atomic E-state index is 0.226. The van der Waals surface area contributed by atoms with Crippen molar-refractivity contribution in [3.05, 3.63) is 62.9 Å². The second-order valence-corrected chi connectivity index (χ2v) is 8.51. The van der Waals surface area contributed by atoms with Gasteiger partial charge in [-0.15, -0.1) is 11.3 Å². The molecule has 1 fully saturated rings. The van der Waals surface area contributed by atoms with E-state index in [4.69, 9.17) is 5.11 Å². The van der Waals surface area contributed by atoms with Gasteiger partial charge in [-0.1, -0.05) is 29.8 Å². The Hall–Kier alpha value is -2.24. The maximum Gasteiger partial charge on any atom is 0.303 e. The number of Topliss-reactive ketones (excluding diaryl/α,β-unsaturated/α-hetero) is 1. The minimum atomic E-state index is -0.709. The number of piperidine rings is 1. The summed E-state index contributed by atoms with van der Waals surface area (Å²) in [5.74, 6) is -0.484. The first-order valence-electron chi connectivity index (χ1n) is 9.99. The zero-order valence-corrected chi connectivity index (χ0v) is 16.8. The molecule has 1 aromatic carbocycles. The van der Waals surface area contributed by atoms with Gasteiger partial charge in [0, 0.05) is 31.5 Å². The van der Waals surface area contributed by atoms with E-state index in [1.165, 1.54) is 16.7 Å². The quantitative estimate of drug-likeness (QED) is 0.750. The van der Waals surface area contributed by atoms with Gasteiger partial charge in [-0.05, 0) is 60.4 Å². The Bertz CT molecular complexity index is 917. The van der Waals surface area contributed by atoms with Crippen molar-refractivity contribution in [2.45, 2.75) is 38.5 Å². The van der Waals surface area contributed by atoms with E-state index in [9.17, 15) is 9.59 Å². The minimum Gasteiger partial charge on any atom is -0.481 e. The van der Waals surface area contributed by atoms with Crippen molar-refractivity contribution in [2.24, 2.45) is 0 Å². The Balaban J connectivity index is 1.56. The van der Waals surface area contributed by atoms with Crippen LogP contribution in [-0.4, -0.2) is 41.4 Å². The Kier molecular flexibility index (Phi) is 5.74. The Morgan fingerprint density at radius 1 is 1.07 bits per heavy atom. The molecule has 2 aromatic rings. The van der Waals surface area contributed by atoms with E-state index in [2.05, 4.69) is 29.2 Å². The molecule has 5 heteroatoms. The highest BCUT2D eigenvalue weighted by atomic mass is 32.1. The van der Waals surface area contributed by atoms with Gasteiger partial charge < -0.3 is 10.0 Å². The number of carboxylic acids is 1.